The molecule has 0 bridgehead atoms. The van der Waals surface area contributed by atoms with Gasteiger partial charge < -0.3 is 26.7 Å². The van der Waals surface area contributed by atoms with Crippen molar-refractivity contribution in [2.24, 2.45) is 11.5 Å². The van der Waals surface area contributed by atoms with Crippen LogP contribution in [0, 0.1) is 0 Å². The Morgan fingerprint density at radius 1 is 1.57 bits per heavy atom. The van der Waals surface area contributed by atoms with Crippen molar-refractivity contribution in [1.82, 2.24) is 15.7 Å². The monoisotopic (exact) mass is 337 g/mol. The van der Waals surface area contributed by atoms with Gasteiger partial charge in [0.05, 0.1) is 0 Å². The normalized spacial score (nSPS) is 23.0. The quantitative estimate of drug-likeness (QED) is 0.136. The van der Waals surface area contributed by atoms with Crippen LogP contribution in [0.3, 0.4) is 0 Å². The van der Waals surface area contributed by atoms with Crippen molar-refractivity contribution in [3.8, 4) is 0 Å². The summed E-state index contributed by atoms with van der Waals surface area (Å²) in [5.74, 6) is -0.796. The smallest absolute Gasteiger partial charge is 0.256 e. The van der Waals surface area contributed by atoms with Gasteiger partial charge in [-0.3, -0.25) is 9.59 Å². The predicted molar refractivity (Wildman–Crippen MR) is 85.6 cm³/mol. The molecule has 1 heterocycles. The number of nitrogens with two attached hydrogens (primary N) is 2. The van der Waals surface area contributed by atoms with Crippen molar-refractivity contribution in [3.05, 3.63) is 0 Å². The van der Waals surface area contributed by atoms with E-state index in [0.717, 1.165) is 6.42 Å². The van der Waals surface area contributed by atoms with Gasteiger partial charge >= 0.3 is 0 Å². The zero-order chi connectivity index (χ0) is 15.9. The van der Waals surface area contributed by atoms with Crippen molar-refractivity contribution in [2.45, 2.75) is 30.6 Å². The molecule has 0 aromatic carbocycles. The van der Waals surface area contributed by atoms with Gasteiger partial charge in [-0.25, -0.2) is 5.09 Å². The molecule has 2 unspecified atom stereocenters. The Kier molecular flexibility index (Phi) is 7.69. The van der Waals surface area contributed by atoms with Gasteiger partial charge in [0.25, 0.3) is 5.91 Å². The Hall–Kier alpha value is -0.600. The first kappa shape index (κ1) is 18.4. The lowest BCUT2D eigenvalue weighted by Gasteiger charge is -2.30. The maximum Gasteiger partial charge on any atom is 0.256 e. The van der Waals surface area contributed by atoms with E-state index in [1.54, 1.807) is 0 Å². The number of carbonyl (C=O) groups excluding carboxylic acids is 2. The zero-order valence-electron chi connectivity index (χ0n) is 11.9. The summed E-state index contributed by atoms with van der Waals surface area (Å²) in [7, 11) is -2.55. The minimum atomic E-state index is -2.55. The molecule has 0 aromatic rings. The molecule has 1 fully saturated rings. The third-order valence-corrected chi connectivity index (χ3v) is 5.64. The van der Waals surface area contributed by atoms with E-state index in [-0.39, 0.29) is 11.7 Å². The lowest BCUT2D eigenvalue weighted by Crippen LogP contribution is -2.63. The number of thiol groups is 1. The molecule has 21 heavy (non-hydrogen) atoms. The number of rotatable bonds is 8. The van der Waals surface area contributed by atoms with Crippen molar-refractivity contribution in [1.29, 1.82) is 0 Å². The molecule has 0 spiro atoms. The maximum atomic E-state index is 12.3. The molecule has 2 amide bonds. The summed E-state index contributed by atoms with van der Waals surface area (Å²) in [5.41, 5.74) is 9.09. The second kappa shape index (κ2) is 8.75. The SMILES string of the molecule is NCCCNC(=O)C(N)(CS)N[PH](=O)[C@H]1CCCNC1=O. The average Bonchev–Trinajstić information content (AvgIpc) is 2.47. The Labute approximate surface area is 130 Å². The number of hydrogen-bond acceptors (Lipinski definition) is 6. The molecule has 1 saturated heterocycles. The fourth-order valence-corrected chi connectivity index (χ4v) is 3.95. The molecule has 3 atom stereocenters. The molecule has 122 valence electrons. The molecular weight excluding hydrogens is 313 g/mol. The van der Waals surface area contributed by atoms with Crippen LogP contribution >= 0.6 is 20.6 Å². The molecular formula is C11H24N5O3PS. The largest absolute Gasteiger partial charge is 0.355 e. The van der Waals surface area contributed by atoms with Crippen LogP contribution in [0.1, 0.15) is 19.3 Å². The highest BCUT2D eigenvalue weighted by molar-refractivity contribution is 7.80. The number of amides is 2. The number of carbonyl (C=O) groups is 2. The standard InChI is InChI=1S/C11H24N5O3PS/c12-4-2-6-15-10(18)11(13,7-21)16-20(19)8-3-1-5-14-9(8)17/h8,20-21H,1-7,12-13H2,(H,14,17)(H,15,18)(H,16,19)/t8-,11?/m0/s1. The van der Waals surface area contributed by atoms with Crippen molar-refractivity contribution < 1.29 is 14.2 Å². The van der Waals surface area contributed by atoms with Crippen LogP contribution in [0.15, 0.2) is 0 Å². The lowest BCUT2D eigenvalue weighted by molar-refractivity contribution is -0.126. The Morgan fingerprint density at radius 2 is 2.29 bits per heavy atom. The van der Waals surface area contributed by atoms with Crippen molar-refractivity contribution in [2.75, 3.05) is 25.4 Å². The van der Waals surface area contributed by atoms with Gasteiger partial charge in [-0.05, 0) is 25.8 Å². The minimum Gasteiger partial charge on any atom is -0.355 e. The number of piperidine rings is 1. The summed E-state index contributed by atoms with van der Waals surface area (Å²) in [6, 6.07) is 0. The van der Waals surface area contributed by atoms with Crippen LogP contribution in [-0.4, -0.2) is 48.5 Å². The summed E-state index contributed by atoms with van der Waals surface area (Å²) in [6.45, 7) is 1.42. The summed E-state index contributed by atoms with van der Waals surface area (Å²) in [6.07, 6.45) is 1.90. The Morgan fingerprint density at radius 3 is 2.86 bits per heavy atom. The van der Waals surface area contributed by atoms with Crippen LogP contribution in [0.25, 0.3) is 0 Å². The van der Waals surface area contributed by atoms with E-state index >= 15 is 0 Å². The average molecular weight is 337 g/mol. The first-order valence-corrected chi connectivity index (χ1v) is 9.04. The third-order valence-electron chi connectivity index (χ3n) is 3.27. The molecule has 7 N–H and O–H groups in total. The van der Waals surface area contributed by atoms with Crippen LogP contribution in [-0.2, 0) is 14.2 Å². The highest BCUT2D eigenvalue weighted by Crippen LogP contribution is 2.31. The molecule has 0 aliphatic carbocycles. The summed E-state index contributed by atoms with van der Waals surface area (Å²) in [5, 5.41) is 7.89. The second-order valence-corrected chi connectivity index (χ2v) is 6.99. The second-order valence-electron chi connectivity index (χ2n) is 5.00. The molecule has 0 aromatic heterocycles. The maximum absolute atomic E-state index is 12.3. The van der Waals surface area contributed by atoms with Gasteiger partial charge in [-0.1, -0.05) is 0 Å². The summed E-state index contributed by atoms with van der Waals surface area (Å²) < 4.78 is 12.3. The Balaban J connectivity index is 2.63. The van der Waals surface area contributed by atoms with Crippen LogP contribution in [0.5, 0.6) is 0 Å². The molecule has 8 nitrogen and oxygen atoms in total. The Bertz CT molecular complexity index is 411. The highest BCUT2D eigenvalue weighted by atomic mass is 32.1. The van der Waals surface area contributed by atoms with Gasteiger partial charge in [0.1, 0.15) is 13.6 Å². The minimum absolute atomic E-state index is 0.0355. The number of hydrogen-bond donors (Lipinski definition) is 6. The van der Waals surface area contributed by atoms with Gasteiger partial charge in [0, 0.05) is 18.8 Å². The van der Waals surface area contributed by atoms with E-state index < -0.39 is 25.2 Å². The molecule has 1 aliphatic heterocycles. The van der Waals surface area contributed by atoms with Crippen molar-refractivity contribution >= 4 is 32.4 Å². The van der Waals surface area contributed by atoms with E-state index in [0.29, 0.717) is 32.5 Å². The van der Waals surface area contributed by atoms with E-state index in [1.165, 1.54) is 0 Å². The predicted octanol–water partition coefficient (Wildman–Crippen LogP) is -1.62. The van der Waals surface area contributed by atoms with Crippen LogP contribution in [0.4, 0.5) is 0 Å². The molecule has 10 heteroatoms. The van der Waals surface area contributed by atoms with E-state index in [1.807, 2.05) is 0 Å². The molecule has 1 rings (SSSR count). The first-order valence-electron chi connectivity index (χ1n) is 6.92. The van der Waals surface area contributed by atoms with E-state index in [9.17, 15) is 14.2 Å². The fourth-order valence-electron chi connectivity index (χ4n) is 1.96. The summed E-state index contributed by atoms with van der Waals surface area (Å²) in [4.78, 5) is 23.7. The van der Waals surface area contributed by atoms with Crippen LogP contribution < -0.4 is 27.2 Å². The topological polar surface area (TPSA) is 139 Å². The highest BCUT2D eigenvalue weighted by Gasteiger charge is 2.37. The third kappa shape index (κ3) is 5.27. The van der Waals surface area contributed by atoms with Crippen LogP contribution in [0.2, 0.25) is 0 Å². The fraction of sp³-hybridized carbons (Fsp3) is 0.818. The van der Waals surface area contributed by atoms with Gasteiger partial charge in [0.2, 0.25) is 5.91 Å². The molecule has 1 aliphatic rings. The molecule has 0 radical (unpaired) electrons. The first-order chi connectivity index (χ1) is 9.94. The summed E-state index contributed by atoms with van der Waals surface area (Å²) >= 11 is 4.05. The van der Waals surface area contributed by atoms with E-state index in [4.69, 9.17) is 11.5 Å². The lowest BCUT2D eigenvalue weighted by atomic mass is 10.1. The van der Waals surface area contributed by atoms with Gasteiger partial charge in [-0.2, -0.15) is 12.6 Å². The van der Waals surface area contributed by atoms with E-state index in [2.05, 4.69) is 28.3 Å². The van der Waals surface area contributed by atoms with Gasteiger partial charge in [-0.15, -0.1) is 0 Å². The zero-order valence-corrected chi connectivity index (χ0v) is 13.7. The number of nitrogens with one attached hydrogen (secondary N) is 3. The molecule has 0 saturated carbocycles. The van der Waals surface area contributed by atoms with Crippen molar-refractivity contribution in [3.63, 3.8) is 0 Å². The van der Waals surface area contributed by atoms with Gasteiger partial charge in [0.15, 0.2) is 5.66 Å².